The molecule has 112 valence electrons. The summed E-state index contributed by atoms with van der Waals surface area (Å²) >= 11 is 0. The standard InChI is InChI=1S/C17H16N2O3/c20-15-3-1-2-11-9-18-14-7-4-10-8-12(19(21)22)5-6-13(10)17(14)16(11)15/h1-3,5-6,8,14,17-18,20H,4,7,9H2. The fourth-order valence-electron chi connectivity index (χ4n) is 3.85. The Hall–Kier alpha value is -2.40. The molecule has 2 aliphatic rings. The molecule has 22 heavy (non-hydrogen) atoms. The molecule has 0 fully saturated rings. The number of nitrogens with zero attached hydrogens (tertiary/aromatic N) is 1. The van der Waals surface area contributed by atoms with Crippen LogP contribution in [0.3, 0.4) is 0 Å². The van der Waals surface area contributed by atoms with Gasteiger partial charge in [-0.3, -0.25) is 10.1 Å². The van der Waals surface area contributed by atoms with Gasteiger partial charge in [0.1, 0.15) is 5.75 Å². The Morgan fingerprint density at radius 3 is 2.91 bits per heavy atom. The maximum Gasteiger partial charge on any atom is 0.269 e. The maximum atomic E-state index is 11.0. The first-order chi connectivity index (χ1) is 10.6. The molecule has 0 radical (unpaired) electrons. The third-order valence-corrected chi connectivity index (χ3v) is 4.84. The summed E-state index contributed by atoms with van der Waals surface area (Å²) in [6, 6.07) is 11.0. The van der Waals surface area contributed by atoms with Gasteiger partial charge in [0.15, 0.2) is 0 Å². The van der Waals surface area contributed by atoms with Crippen LogP contribution in [0.2, 0.25) is 0 Å². The third-order valence-electron chi connectivity index (χ3n) is 4.84. The molecule has 1 aliphatic heterocycles. The second-order valence-electron chi connectivity index (χ2n) is 5.99. The van der Waals surface area contributed by atoms with Crippen molar-refractivity contribution in [1.29, 1.82) is 0 Å². The number of benzene rings is 2. The Morgan fingerprint density at radius 1 is 1.23 bits per heavy atom. The fourth-order valence-corrected chi connectivity index (χ4v) is 3.85. The second-order valence-corrected chi connectivity index (χ2v) is 5.99. The number of hydrogen-bond donors (Lipinski definition) is 2. The van der Waals surface area contributed by atoms with Gasteiger partial charge >= 0.3 is 0 Å². The first kappa shape index (κ1) is 13.3. The van der Waals surface area contributed by atoms with Gasteiger partial charge in [-0.25, -0.2) is 0 Å². The van der Waals surface area contributed by atoms with E-state index in [1.807, 2.05) is 18.2 Å². The summed E-state index contributed by atoms with van der Waals surface area (Å²) in [4.78, 5) is 10.6. The number of nitro benzene ring substituents is 1. The topological polar surface area (TPSA) is 75.4 Å². The second kappa shape index (κ2) is 4.81. The van der Waals surface area contributed by atoms with Crippen LogP contribution in [-0.4, -0.2) is 16.1 Å². The number of phenolic OH excluding ortho intramolecular Hbond substituents is 1. The largest absolute Gasteiger partial charge is 0.508 e. The van der Waals surface area contributed by atoms with Crippen molar-refractivity contribution in [2.75, 3.05) is 0 Å². The monoisotopic (exact) mass is 296 g/mol. The van der Waals surface area contributed by atoms with E-state index in [2.05, 4.69) is 5.32 Å². The van der Waals surface area contributed by atoms with Crippen LogP contribution < -0.4 is 5.32 Å². The van der Waals surface area contributed by atoms with Crippen LogP contribution in [-0.2, 0) is 13.0 Å². The average molecular weight is 296 g/mol. The highest BCUT2D eigenvalue weighted by molar-refractivity contribution is 5.54. The van der Waals surface area contributed by atoms with Crippen LogP contribution in [0.5, 0.6) is 5.75 Å². The minimum Gasteiger partial charge on any atom is -0.508 e. The van der Waals surface area contributed by atoms with Crippen LogP contribution in [0.25, 0.3) is 0 Å². The summed E-state index contributed by atoms with van der Waals surface area (Å²) in [5, 5.41) is 24.8. The molecule has 2 N–H and O–H groups in total. The molecule has 1 heterocycles. The molecule has 2 aromatic carbocycles. The molecule has 0 bridgehead atoms. The zero-order chi connectivity index (χ0) is 15.3. The molecule has 0 aromatic heterocycles. The molecule has 5 nitrogen and oxygen atoms in total. The number of aryl methyl sites for hydroxylation is 1. The van der Waals surface area contributed by atoms with Crippen molar-refractivity contribution >= 4 is 5.69 Å². The molecule has 4 rings (SSSR count). The van der Waals surface area contributed by atoms with E-state index < -0.39 is 0 Å². The van der Waals surface area contributed by atoms with E-state index >= 15 is 0 Å². The quantitative estimate of drug-likeness (QED) is 0.627. The molecule has 2 atom stereocenters. The molecule has 5 heteroatoms. The first-order valence-corrected chi connectivity index (χ1v) is 7.46. The molecule has 2 aromatic rings. The van der Waals surface area contributed by atoms with E-state index in [0.717, 1.165) is 41.6 Å². The molecule has 0 spiro atoms. The van der Waals surface area contributed by atoms with Gasteiger partial charge in [0.25, 0.3) is 5.69 Å². The zero-order valence-corrected chi connectivity index (χ0v) is 12.0. The molecule has 2 unspecified atom stereocenters. The number of aromatic hydroxyl groups is 1. The Labute approximate surface area is 127 Å². The number of rotatable bonds is 1. The van der Waals surface area contributed by atoms with Gasteiger partial charge in [-0.1, -0.05) is 18.2 Å². The van der Waals surface area contributed by atoms with Gasteiger partial charge in [0, 0.05) is 36.2 Å². The van der Waals surface area contributed by atoms with E-state index in [0.29, 0.717) is 5.75 Å². The average Bonchev–Trinajstić information content (AvgIpc) is 2.53. The first-order valence-electron chi connectivity index (χ1n) is 7.46. The van der Waals surface area contributed by atoms with Crippen LogP contribution in [0.4, 0.5) is 5.69 Å². The highest BCUT2D eigenvalue weighted by Crippen LogP contribution is 2.44. The molecule has 0 amide bonds. The highest BCUT2D eigenvalue weighted by atomic mass is 16.6. The predicted octanol–water partition coefficient (Wildman–Crippen LogP) is 2.85. The molecular formula is C17H16N2O3. The number of non-ortho nitro benzene ring substituents is 1. The molecular weight excluding hydrogens is 280 g/mol. The Balaban J connectivity index is 1.89. The van der Waals surface area contributed by atoms with Gasteiger partial charge in [-0.2, -0.15) is 0 Å². The van der Waals surface area contributed by atoms with Crippen molar-refractivity contribution in [2.45, 2.75) is 31.3 Å². The van der Waals surface area contributed by atoms with Gasteiger partial charge < -0.3 is 10.4 Å². The summed E-state index contributed by atoms with van der Waals surface area (Å²) in [6.07, 6.45) is 1.75. The Kier molecular flexibility index (Phi) is 2.90. The van der Waals surface area contributed by atoms with Crippen molar-refractivity contribution in [2.24, 2.45) is 0 Å². The molecule has 0 saturated carbocycles. The van der Waals surface area contributed by atoms with Gasteiger partial charge in [0.05, 0.1) is 4.92 Å². The highest BCUT2D eigenvalue weighted by Gasteiger charge is 2.37. The van der Waals surface area contributed by atoms with E-state index in [1.165, 1.54) is 0 Å². The van der Waals surface area contributed by atoms with Crippen molar-refractivity contribution in [3.8, 4) is 5.75 Å². The lowest BCUT2D eigenvalue weighted by Gasteiger charge is -2.39. The smallest absolute Gasteiger partial charge is 0.269 e. The van der Waals surface area contributed by atoms with Gasteiger partial charge in [-0.05, 0) is 35.6 Å². The number of fused-ring (bicyclic) bond motifs is 5. The van der Waals surface area contributed by atoms with Gasteiger partial charge in [-0.15, -0.1) is 0 Å². The van der Waals surface area contributed by atoms with Crippen molar-refractivity contribution < 1.29 is 10.0 Å². The SMILES string of the molecule is O=[N+]([O-])c1ccc2c(c1)CCC1NCc3cccc(O)c3C21. The number of hydrogen-bond acceptors (Lipinski definition) is 4. The van der Waals surface area contributed by atoms with E-state index in [-0.39, 0.29) is 22.6 Å². The fraction of sp³-hybridized carbons (Fsp3) is 0.294. The molecule has 0 saturated heterocycles. The summed E-state index contributed by atoms with van der Waals surface area (Å²) in [5.74, 6) is 0.384. The van der Waals surface area contributed by atoms with E-state index in [9.17, 15) is 15.2 Å². The van der Waals surface area contributed by atoms with Crippen molar-refractivity contribution in [1.82, 2.24) is 5.32 Å². The number of nitro groups is 1. The normalized spacial score (nSPS) is 22.4. The summed E-state index contributed by atoms with van der Waals surface area (Å²) in [6.45, 7) is 0.757. The molecule has 1 aliphatic carbocycles. The zero-order valence-electron chi connectivity index (χ0n) is 12.0. The lowest BCUT2D eigenvalue weighted by molar-refractivity contribution is -0.384. The van der Waals surface area contributed by atoms with E-state index in [4.69, 9.17) is 0 Å². The lowest BCUT2D eigenvalue weighted by atomic mass is 9.72. The van der Waals surface area contributed by atoms with Crippen molar-refractivity contribution in [3.05, 3.63) is 68.8 Å². The van der Waals surface area contributed by atoms with Crippen LogP contribution in [0.15, 0.2) is 36.4 Å². The van der Waals surface area contributed by atoms with Crippen LogP contribution in [0, 0.1) is 10.1 Å². The van der Waals surface area contributed by atoms with Crippen molar-refractivity contribution in [3.63, 3.8) is 0 Å². The number of phenols is 1. The van der Waals surface area contributed by atoms with Gasteiger partial charge in [0.2, 0.25) is 0 Å². The summed E-state index contributed by atoms with van der Waals surface area (Å²) in [5.41, 5.74) is 4.33. The minimum atomic E-state index is -0.350. The minimum absolute atomic E-state index is 0.0644. The van der Waals surface area contributed by atoms with Crippen LogP contribution in [0.1, 0.15) is 34.6 Å². The van der Waals surface area contributed by atoms with Crippen LogP contribution >= 0.6 is 0 Å². The lowest BCUT2D eigenvalue weighted by Crippen LogP contribution is -2.42. The number of nitrogens with one attached hydrogen (secondary N) is 1. The Morgan fingerprint density at radius 2 is 2.09 bits per heavy atom. The summed E-state index contributed by atoms with van der Waals surface area (Å²) < 4.78 is 0. The predicted molar refractivity (Wildman–Crippen MR) is 82.0 cm³/mol. The summed E-state index contributed by atoms with van der Waals surface area (Å²) in [7, 11) is 0. The van der Waals surface area contributed by atoms with E-state index in [1.54, 1.807) is 18.2 Å². The maximum absolute atomic E-state index is 11.0. The Bertz CT molecular complexity index is 772. The third kappa shape index (κ3) is 1.89.